The van der Waals surface area contributed by atoms with Crippen molar-refractivity contribution in [3.05, 3.63) is 0 Å². The minimum absolute atomic E-state index is 0.0930. The number of nitrogens with zero attached hydrogens (tertiary/aromatic N) is 2. The van der Waals surface area contributed by atoms with Crippen molar-refractivity contribution < 1.29 is 68.3 Å². The summed E-state index contributed by atoms with van der Waals surface area (Å²) in [5, 5.41) is 56.5. The number of hydrogen-bond donors (Lipinski definition) is 5. The highest BCUT2D eigenvalue weighted by molar-refractivity contribution is 5.73. The molecule has 3 fully saturated rings. The van der Waals surface area contributed by atoms with Gasteiger partial charge in [-0.2, -0.15) is 0 Å². The van der Waals surface area contributed by atoms with Crippen LogP contribution in [0.1, 0.15) is 101 Å². The summed E-state index contributed by atoms with van der Waals surface area (Å²) in [5.74, 6) is -3.74. The van der Waals surface area contributed by atoms with Gasteiger partial charge in [-0.1, -0.05) is 20.8 Å². The number of carboxylic acids is 1. The van der Waals surface area contributed by atoms with Gasteiger partial charge in [0, 0.05) is 38.1 Å². The molecule has 5 N–H and O–H groups in total. The van der Waals surface area contributed by atoms with E-state index in [2.05, 4.69) is 0 Å². The third-order valence-electron chi connectivity index (χ3n) is 12.8. The Bertz CT molecular complexity index is 1290. The van der Waals surface area contributed by atoms with Crippen molar-refractivity contribution in [1.29, 1.82) is 0 Å². The number of aliphatic carboxylic acids is 1. The maximum atomic E-state index is 14.3. The molecule has 16 heteroatoms. The van der Waals surface area contributed by atoms with Crippen molar-refractivity contribution >= 4 is 11.9 Å². The lowest BCUT2D eigenvalue weighted by Crippen LogP contribution is -2.61. The molecular formula is C41H76N2O14. The molecule has 0 unspecified atom stereocenters. The maximum Gasteiger partial charge on any atom is 0.311 e. The Hall–Kier alpha value is -1.54. The third kappa shape index (κ3) is 12.1. The van der Waals surface area contributed by atoms with Crippen LogP contribution in [-0.4, -0.2) is 179 Å². The summed E-state index contributed by atoms with van der Waals surface area (Å²) in [6.07, 6.45) is -8.44. The van der Waals surface area contributed by atoms with Gasteiger partial charge in [-0.05, 0) is 94.8 Å². The Balaban J connectivity index is 2.22. The fraction of sp³-hybridized carbons (Fsp3) is 0.951. The SMILES string of the molecule is CC[C@H]1OC(=O)[C@H](C)[C@@H](O[C@H]2C[C@@](C)(OC)[C@@H](O)[C@H](C)O2)[C@H](C)[C@@H](O[C@@H]2O[C@H](C)C[C@H](N(C)C)[C@H]2OCCC(=O)O)[C@](C)(O)C[C@@H](C)CN(C)[C@H](C)[C@@H](O)[C@]1(C)O. The molecule has 57 heavy (non-hydrogen) atoms. The van der Waals surface area contributed by atoms with Gasteiger partial charge in [-0.3, -0.25) is 9.59 Å². The fourth-order valence-electron chi connectivity index (χ4n) is 9.19. The molecule has 3 rings (SSSR count). The van der Waals surface area contributed by atoms with Crippen LogP contribution in [0.2, 0.25) is 0 Å². The predicted molar refractivity (Wildman–Crippen MR) is 210 cm³/mol. The van der Waals surface area contributed by atoms with E-state index >= 15 is 0 Å². The molecule has 0 aromatic rings. The number of methoxy groups -OCH3 is 1. The van der Waals surface area contributed by atoms with Crippen LogP contribution in [0.25, 0.3) is 0 Å². The zero-order chi connectivity index (χ0) is 43.4. The first-order valence-corrected chi connectivity index (χ1v) is 20.7. The molecule has 0 aromatic carbocycles. The highest BCUT2D eigenvalue weighted by Gasteiger charge is 2.53. The van der Waals surface area contributed by atoms with Crippen molar-refractivity contribution in [1.82, 2.24) is 9.80 Å². The van der Waals surface area contributed by atoms with Crippen LogP contribution < -0.4 is 0 Å². The van der Waals surface area contributed by atoms with Gasteiger partial charge >= 0.3 is 11.9 Å². The smallest absolute Gasteiger partial charge is 0.311 e. The minimum Gasteiger partial charge on any atom is -0.481 e. The molecule has 18 atom stereocenters. The van der Waals surface area contributed by atoms with E-state index in [9.17, 15) is 35.1 Å². The standard InChI is InChI=1S/C41H76N2O14/c1-15-29-41(10,50)34(46)26(6)43(13)21-22(2)19-39(8,49)36(57-38-33(52-17-16-30(44)45)28(42(11)12)18-23(3)53-38)24(4)32(25(5)37(48)55-29)56-31-20-40(9,51-14)35(47)27(7)54-31/h22-29,31-36,38,46-47,49-50H,15-21H2,1-14H3,(H,44,45)/t22-,23-,24+,25-,26-,27+,28+,29-,31+,32+,33-,34-,35+,36-,38+,39-,40-,41-/m1/s1. The molecule has 0 amide bonds. The molecule has 16 nitrogen and oxygen atoms in total. The molecule has 0 spiro atoms. The van der Waals surface area contributed by atoms with Crippen LogP contribution in [0, 0.1) is 17.8 Å². The number of carbonyl (C=O) groups is 2. The van der Waals surface area contributed by atoms with Gasteiger partial charge < -0.3 is 68.5 Å². The van der Waals surface area contributed by atoms with Gasteiger partial charge in [0.2, 0.25) is 0 Å². The molecule has 3 aliphatic rings. The van der Waals surface area contributed by atoms with Crippen molar-refractivity contribution in [3.8, 4) is 0 Å². The second kappa shape index (κ2) is 20.3. The molecule has 0 aliphatic carbocycles. The zero-order valence-corrected chi connectivity index (χ0v) is 36.9. The van der Waals surface area contributed by atoms with E-state index in [4.69, 9.17) is 33.2 Å². The van der Waals surface area contributed by atoms with Gasteiger partial charge in [-0.25, -0.2) is 0 Å². The average molecular weight is 821 g/mol. The summed E-state index contributed by atoms with van der Waals surface area (Å²) < 4.78 is 44.4. The van der Waals surface area contributed by atoms with Crippen LogP contribution in [0.4, 0.5) is 0 Å². The normalized spacial score (nSPS) is 46.2. The molecule has 3 saturated heterocycles. The van der Waals surface area contributed by atoms with Gasteiger partial charge in [0.1, 0.15) is 30.0 Å². The number of hydrogen-bond acceptors (Lipinski definition) is 15. The molecule has 0 radical (unpaired) electrons. The molecule has 3 aliphatic heterocycles. The van der Waals surface area contributed by atoms with Crippen molar-refractivity contribution in [2.45, 2.75) is 192 Å². The van der Waals surface area contributed by atoms with Gasteiger partial charge in [0.25, 0.3) is 0 Å². The molecule has 334 valence electrons. The van der Waals surface area contributed by atoms with Crippen LogP contribution in [0.3, 0.4) is 0 Å². The van der Waals surface area contributed by atoms with Gasteiger partial charge in [-0.15, -0.1) is 0 Å². The average Bonchev–Trinajstić information content (AvgIpc) is 3.12. The minimum atomic E-state index is -1.83. The summed E-state index contributed by atoms with van der Waals surface area (Å²) in [4.78, 5) is 29.7. The number of esters is 1. The van der Waals surface area contributed by atoms with Crippen LogP contribution in [0.15, 0.2) is 0 Å². The Kier molecular flexibility index (Phi) is 17.8. The summed E-state index contributed by atoms with van der Waals surface area (Å²) in [7, 11) is 7.13. The van der Waals surface area contributed by atoms with Crippen molar-refractivity contribution in [2.75, 3.05) is 41.4 Å². The lowest BCUT2D eigenvalue weighted by Gasteiger charge is -2.49. The molecule has 3 heterocycles. The van der Waals surface area contributed by atoms with Crippen LogP contribution in [-0.2, 0) is 42.7 Å². The summed E-state index contributed by atoms with van der Waals surface area (Å²) in [6.45, 7) is 17.8. The lowest BCUT2D eigenvalue weighted by molar-refractivity contribution is -0.321. The number of carbonyl (C=O) groups excluding carboxylic acids is 1. The van der Waals surface area contributed by atoms with E-state index in [1.54, 1.807) is 41.5 Å². The van der Waals surface area contributed by atoms with E-state index in [-0.39, 0.29) is 50.4 Å². The van der Waals surface area contributed by atoms with E-state index in [0.717, 1.165) is 0 Å². The quantitative estimate of drug-likeness (QED) is 0.190. The van der Waals surface area contributed by atoms with E-state index in [1.807, 2.05) is 51.7 Å². The molecular weight excluding hydrogens is 744 g/mol. The van der Waals surface area contributed by atoms with Crippen molar-refractivity contribution in [2.24, 2.45) is 17.8 Å². The number of ether oxygens (including phenoxy) is 7. The molecule has 0 saturated carbocycles. The number of aliphatic hydroxyl groups is 4. The van der Waals surface area contributed by atoms with Crippen LogP contribution >= 0.6 is 0 Å². The highest BCUT2D eigenvalue weighted by atomic mass is 16.7. The fourth-order valence-corrected chi connectivity index (χ4v) is 9.19. The monoisotopic (exact) mass is 821 g/mol. The number of carboxylic acid groups (broad SMARTS) is 1. The number of rotatable bonds is 11. The van der Waals surface area contributed by atoms with Gasteiger partial charge in [0.05, 0.1) is 54.6 Å². The summed E-state index contributed by atoms with van der Waals surface area (Å²) in [5.41, 5.74) is -4.48. The largest absolute Gasteiger partial charge is 0.481 e. The van der Waals surface area contributed by atoms with E-state index in [1.165, 1.54) is 14.0 Å². The first-order valence-electron chi connectivity index (χ1n) is 20.7. The lowest BCUT2D eigenvalue weighted by atomic mass is 9.77. The Morgan fingerprint density at radius 2 is 1.60 bits per heavy atom. The first kappa shape index (κ1) is 49.8. The number of likely N-dealkylation sites (N-methyl/N-ethyl adjacent to an activating group) is 2. The Morgan fingerprint density at radius 3 is 2.16 bits per heavy atom. The Labute approximate surface area is 340 Å². The third-order valence-corrected chi connectivity index (χ3v) is 12.8. The topological polar surface area (TPSA) is 206 Å². The zero-order valence-electron chi connectivity index (χ0n) is 36.9. The molecule has 0 aromatic heterocycles. The summed E-state index contributed by atoms with van der Waals surface area (Å²) >= 11 is 0. The first-order chi connectivity index (χ1) is 26.3. The highest BCUT2D eigenvalue weighted by Crippen LogP contribution is 2.40. The second-order valence-corrected chi connectivity index (χ2v) is 18.2. The number of aliphatic hydroxyl groups excluding tert-OH is 2. The van der Waals surface area contributed by atoms with E-state index in [0.29, 0.717) is 13.0 Å². The summed E-state index contributed by atoms with van der Waals surface area (Å²) in [6, 6.07) is -0.796. The van der Waals surface area contributed by atoms with Crippen molar-refractivity contribution in [3.63, 3.8) is 0 Å². The number of cyclic esters (lactones) is 1. The second-order valence-electron chi connectivity index (χ2n) is 18.2. The molecule has 0 bridgehead atoms. The Morgan fingerprint density at radius 1 is 0.965 bits per heavy atom. The maximum absolute atomic E-state index is 14.3. The van der Waals surface area contributed by atoms with Crippen LogP contribution in [0.5, 0.6) is 0 Å². The van der Waals surface area contributed by atoms with Gasteiger partial charge in [0.15, 0.2) is 12.6 Å². The predicted octanol–water partition coefficient (Wildman–Crippen LogP) is 2.40. The van der Waals surface area contributed by atoms with E-state index < -0.39 is 102 Å².